The van der Waals surface area contributed by atoms with E-state index in [-0.39, 0.29) is 23.3 Å². The van der Waals surface area contributed by atoms with Gasteiger partial charge in [0.25, 0.3) is 11.1 Å². The Kier molecular flexibility index (Phi) is 4.99. The number of carbonyl (C=O) groups excluding carboxylic acids is 3. The number of hydrogen-bond donors (Lipinski definition) is 1. The molecule has 1 N–H and O–H groups in total. The maximum atomic E-state index is 12.6. The molecule has 134 valence electrons. The van der Waals surface area contributed by atoms with E-state index in [4.69, 9.17) is 0 Å². The van der Waals surface area contributed by atoms with Crippen LogP contribution < -0.4 is 10.4 Å². The fraction of sp³-hybridized carbons (Fsp3) is 0.211. The molecule has 1 aliphatic heterocycles. The Bertz CT molecular complexity index is 897. The lowest BCUT2D eigenvalue weighted by Gasteiger charge is -2.16. The van der Waals surface area contributed by atoms with E-state index < -0.39 is 11.3 Å². The number of nitrogens with one attached hydrogen (secondary N) is 1. The molecule has 0 bridgehead atoms. The summed E-state index contributed by atoms with van der Waals surface area (Å²) in [5, 5.41) is 13.0. The third-order valence-electron chi connectivity index (χ3n) is 4.10. The average Bonchev–Trinajstić information content (AvgIpc) is 2.85. The minimum atomic E-state index is -1.30. The molecular formula is C19H17N2O4S-. The third-order valence-corrected chi connectivity index (χ3v) is 5.08. The molecule has 0 radical (unpaired) electrons. The van der Waals surface area contributed by atoms with Gasteiger partial charge in [-0.1, -0.05) is 35.9 Å². The first kappa shape index (κ1) is 18.0. The number of amides is 2. The van der Waals surface area contributed by atoms with E-state index >= 15 is 0 Å². The second-order valence-corrected chi connectivity index (χ2v) is 7.20. The summed E-state index contributed by atoms with van der Waals surface area (Å²) >= 11 is 0.917. The van der Waals surface area contributed by atoms with E-state index in [1.807, 2.05) is 32.0 Å². The number of aromatic carboxylic acids is 1. The molecular weight excluding hydrogens is 352 g/mol. The van der Waals surface area contributed by atoms with E-state index in [0.717, 1.165) is 33.5 Å². The van der Waals surface area contributed by atoms with Crippen LogP contribution in [0.25, 0.3) is 0 Å². The lowest BCUT2D eigenvalue weighted by Crippen LogP contribution is -2.34. The van der Waals surface area contributed by atoms with Crippen molar-refractivity contribution in [2.45, 2.75) is 25.8 Å². The number of imide groups is 1. The molecule has 1 atom stereocenters. The van der Waals surface area contributed by atoms with Crippen LogP contribution in [0.2, 0.25) is 0 Å². The molecule has 0 unspecified atom stereocenters. The monoisotopic (exact) mass is 369 g/mol. The van der Waals surface area contributed by atoms with Gasteiger partial charge >= 0.3 is 0 Å². The molecule has 1 heterocycles. The highest BCUT2D eigenvalue weighted by Crippen LogP contribution is 2.30. The maximum Gasteiger partial charge on any atom is 0.291 e. The van der Waals surface area contributed by atoms with Crippen molar-refractivity contribution in [3.8, 4) is 0 Å². The molecule has 26 heavy (non-hydrogen) atoms. The number of benzene rings is 2. The SMILES string of the molecule is Cc1ccc(N[C@@H]2SC(=O)N(Cc3cccc(C(=O)[O-])c3)C2=O)c(C)c1. The fourth-order valence-corrected chi connectivity index (χ4v) is 3.67. The van der Waals surface area contributed by atoms with E-state index in [2.05, 4.69) is 5.32 Å². The van der Waals surface area contributed by atoms with Crippen molar-refractivity contribution in [3.05, 3.63) is 64.7 Å². The van der Waals surface area contributed by atoms with Crippen LogP contribution in [-0.4, -0.2) is 27.4 Å². The first-order chi connectivity index (χ1) is 12.3. The second-order valence-electron chi connectivity index (χ2n) is 6.14. The fourth-order valence-electron chi connectivity index (χ4n) is 2.78. The van der Waals surface area contributed by atoms with Crippen LogP contribution in [0.15, 0.2) is 42.5 Å². The highest BCUT2D eigenvalue weighted by Gasteiger charge is 2.39. The van der Waals surface area contributed by atoms with Crippen LogP contribution in [0.5, 0.6) is 0 Å². The van der Waals surface area contributed by atoms with Gasteiger partial charge in [-0.3, -0.25) is 14.5 Å². The first-order valence-electron chi connectivity index (χ1n) is 8.01. The molecule has 6 nitrogen and oxygen atoms in total. The second kappa shape index (κ2) is 7.21. The molecule has 3 rings (SSSR count). The van der Waals surface area contributed by atoms with E-state index in [0.29, 0.717) is 5.56 Å². The minimum Gasteiger partial charge on any atom is -0.545 e. The van der Waals surface area contributed by atoms with Crippen LogP contribution in [0.1, 0.15) is 27.0 Å². The first-order valence-corrected chi connectivity index (χ1v) is 8.89. The standard InChI is InChI=1S/C19H18N2O4S/c1-11-6-7-15(12(2)8-11)20-16-17(22)21(19(25)26-16)10-13-4-3-5-14(9-13)18(23)24/h3-9,16,20H,10H2,1-2H3,(H,23,24)/p-1/t16-/m1/s1. The molecule has 2 aromatic carbocycles. The van der Waals surface area contributed by atoms with Crippen molar-refractivity contribution in [3.63, 3.8) is 0 Å². The molecule has 2 aromatic rings. The van der Waals surface area contributed by atoms with Crippen molar-refractivity contribution in [2.24, 2.45) is 0 Å². The largest absolute Gasteiger partial charge is 0.545 e. The number of nitrogens with zero attached hydrogens (tertiary/aromatic N) is 1. The zero-order valence-electron chi connectivity index (χ0n) is 14.3. The zero-order valence-corrected chi connectivity index (χ0v) is 15.1. The summed E-state index contributed by atoms with van der Waals surface area (Å²) in [5.74, 6) is -1.64. The Balaban J connectivity index is 1.74. The number of carbonyl (C=O) groups is 3. The quantitative estimate of drug-likeness (QED) is 0.870. The Labute approximate surface area is 155 Å². The van der Waals surface area contributed by atoms with Crippen molar-refractivity contribution in [1.82, 2.24) is 4.90 Å². The Morgan fingerprint density at radius 2 is 1.96 bits per heavy atom. The van der Waals surface area contributed by atoms with Crippen molar-refractivity contribution < 1.29 is 19.5 Å². The molecule has 2 amide bonds. The number of carboxylic acid groups (broad SMARTS) is 1. The smallest absolute Gasteiger partial charge is 0.291 e. The van der Waals surface area contributed by atoms with Gasteiger partial charge in [-0.05, 0) is 54.4 Å². The van der Waals surface area contributed by atoms with Gasteiger partial charge in [-0.2, -0.15) is 0 Å². The van der Waals surface area contributed by atoms with Crippen LogP contribution in [0.4, 0.5) is 10.5 Å². The normalized spacial score (nSPS) is 16.8. The molecule has 0 aromatic heterocycles. The van der Waals surface area contributed by atoms with Crippen LogP contribution >= 0.6 is 11.8 Å². The van der Waals surface area contributed by atoms with Gasteiger partial charge in [0.15, 0.2) is 5.37 Å². The van der Waals surface area contributed by atoms with Gasteiger partial charge in [0, 0.05) is 5.69 Å². The topological polar surface area (TPSA) is 89.5 Å². The molecule has 1 saturated heterocycles. The van der Waals surface area contributed by atoms with Crippen molar-refractivity contribution in [2.75, 3.05) is 5.32 Å². The van der Waals surface area contributed by atoms with E-state index in [1.165, 1.54) is 12.1 Å². The lowest BCUT2D eigenvalue weighted by molar-refractivity contribution is -0.255. The number of aryl methyl sites for hydroxylation is 2. The summed E-state index contributed by atoms with van der Waals surface area (Å²) in [6, 6.07) is 11.9. The van der Waals surface area contributed by atoms with Gasteiger partial charge in [0.2, 0.25) is 0 Å². The summed E-state index contributed by atoms with van der Waals surface area (Å²) in [5.41, 5.74) is 3.48. The number of hydrogen-bond acceptors (Lipinski definition) is 6. The molecule has 1 aliphatic rings. The summed E-state index contributed by atoms with van der Waals surface area (Å²) in [6.45, 7) is 3.94. The molecule has 0 aliphatic carbocycles. The van der Waals surface area contributed by atoms with Crippen LogP contribution in [-0.2, 0) is 11.3 Å². The highest BCUT2D eigenvalue weighted by atomic mass is 32.2. The van der Waals surface area contributed by atoms with Gasteiger partial charge in [0.1, 0.15) is 0 Å². The zero-order chi connectivity index (χ0) is 18.8. The Morgan fingerprint density at radius 1 is 1.19 bits per heavy atom. The summed E-state index contributed by atoms with van der Waals surface area (Å²) in [7, 11) is 0. The summed E-state index contributed by atoms with van der Waals surface area (Å²) in [4.78, 5) is 36.9. The Morgan fingerprint density at radius 3 is 2.65 bits per heavy atom. The maximum absolute atomic E-state index is 12.6. The molecule has 0 saturated carbocycles. The predicted molar refractivity (Wildman–Crippen MR) is 97.6 cm³/mol. The van der Waals surface area contributed by atoms with Gasteiger partial charge in [-0.15, -0.1) is 0 Å². The van der Waals surface area contributed by atoms with Crippen LogP contribution in [0, 0.1) is 13.8 Å². The molecule has 1 fully saturated rings. The third kappa shape index (κ3) is 3.72. The predicted octanol–water partition coefficient (Wildman–Crippen LogP) is 2.30. The van der Waals surface area contributed by atoms with Gasteiger partial charge in [0.05, 0.1) is 12.5 Å². The lowest BCUT2D eigenvalue weighted by atomic mass is 10.1. The van der Waals surface area contributed by atoms with E-state index in [1.54, 1.807) is 12.1 Å². The van der Waals surface area contributed by atoms with Crippen molar-refractivity contribution in [1.29, 1.82) is 0 Å². The minimum absolute atomic E-state index is 0.0132. The van der Waals surface area contributed by atoms with Gasteiger partial charge < -0.3 is 15.2 Å². The highest BCUT2D eigenvalue weighted by molar-refractivity contribution is 8.15. The van der Waals surface area contributed by atoms with Crippen molar-refractivity contribution >= 4 is 34.6 Å². The van der Waals surface area contributed by atoms with Crippen LogP contribution in [0.3, 0.4) is 0 Å². The summed E-state index contributed by atoms with van der Waals surface area (Å²) < 4.78 is 0. The number of anilines is 1. The van der Waals surface area contributed by atoms with E-state index in [9.17, 15) is 19.5 Å². The molecule has 7 heteroatoms. The number of thioether (sulfide) groups is 1. The number of carboxylic acids is 1. The Hall–Kier alpha value is -2.80. The average molecular weight is 369 g/mol. The van der Waals surface area contributed by atoms with Gasteiger partial charge in [-0.25, -0.2) is 0 Å². The summed E-state index contributed by atoms with van der Waals surface area (Å²) in [6.07, 6.45) is 0. The number of rotatable bonds is 5. The molecule has 0 spiro atoms.